The van der Waals surface area contributed by atoms with Crippen molar-refractivity contribution >= 4 is 35.6 Å². The molecule has 0 amide bonds. The fraction of sp³-hybridized carbons (Fsp3) is 0.727. The third-order valence-corrected chi connectivity index (χ3v) is 6.42. The number of cyclic esters (lactones) is 2. The quantitative estimate of drug-likeness (QED) is 0.0447. The minimum atomic E-state index is -4.63. The summed E-state index contributed by atoms with van der Waals surface area (Å²) in [5.74, 6) is -24.6. The van der Waals surface area contributed by atoms with Gasteiger partial charge in [-0.1, -0.05) is 0 Å². The molecule has 2 heterocycles. The molecular formula is C22H30O23. The van der Waals surface area contributed by atoms with Gasteiger partial charge in [0.15, 0.2) is 12.2 Å². The lowest BCUT2D eigenvalue weighted by Gasteiger charge is -2.52. The lowest BCUT2D eigenvalue weighted by molar-refractivity contribution is -0.443. The predicted octanol–water partition coefficient (Wildman–Crippen LogP) is -9.02. The number of aliphatic hydroxyl groups is 11. The summed E-state index contributed by atoms with van der Waals surface area (Å²) in [5.41, 5.74) is 0. The van der Waals surface area contributed by atoms with E-state index in [2.05, 4.69) is 14.5 Å². The van der Waals surface area contributed by atoms with Gasteiger partial charge < -0.3 is 75.1 Å². The first-order chi connectivity index (χ1) is 20.7. The van der Waals surface area contributed by atoms with Gasteiger partial charge in [0.05, 0.1) is 26.1 Å². The van der Waals surface area contributed by atoms with Crippen molar-refractivity contribution in [1.29, 1.82) is 0 Å². The molecule has 2 aliphatic rings. The number of carbonyl (C=O) groups is 6. The predicted molar refractivity (Wildman–Crippen MR) is 124 cm³/mol. The first-order valence-corrected chi connectivity index (χ1v) is 12.4. The largest absolute Gasteiger partial charge is 0.435 e. The van der Waals surface area contributed by atoms with Gasteiger partial charge in [0.2, 0.25) is 11.6 Å². The minimum absolute atomic E-state index is 0.595. The molecule has 256 valence electrons. The number of aliphatic hydroxyl groups excluding tert-OH is 9. The molecule has 2 saturated heterocycles. The Balaban J connectivity index is 2.86. The van der Waals surface area contributed by atoms with E-state index in [0.29, 0.717) is 6.92 Å². The van der Waals surface area contributed by atoms with E-state index in [1.54, 1.807) is 0 Å². The molecule has 2 rings (SSSR count). The van der Waals surface area contributed by atoms with Gasteiger partial charge in [0.25, 0.3) is 0 Å². The fourth-order valence-electron chi connectivity index (χ4n) is 3.85. The first-order valence-electron chi connectivity index (χ1n) is 12.4. The van der Waals surface area contributed by atoms with Crippen LogP contribution >= 0.6 is 0 Å². The van der Waals surface area contributed by atoms with Crippen molar-refractivity contribution in [2.45, 2.75) is 86.0 Å². The zero-order chi connectivity index (χ0) is 34.7. The summed E-state index contributed by atoms with van der Waals surface area (Å²) < 4.78 is 19.1. The van der Waals surface area contributed by atoms with Crippen LogP contribution in [-0.4, -0.2) is 171 Å². The maximum absolute atomic E-state index is 13.1. The highest BCUT2D eigenvalue weighted by atomic mass is 17.2. The van der Waals surface area contributed by atoms with Gasteiger partial charge in [-0.25, -0.2) is 24.2 Å². The smallest absolute Gasteiger partial charge is 0.415 e. The molecule has 2 fully saturated rings. The number of hydrogen-bond donors (Lipinski definition) is 11. The van der Waals surface area contributed by atoms with Crippen molar-refractivity contribution < 1.29 is 114 Å². The summed E-state index contributed by atoms with van der Waals surface area (Å²) in [5, 5.41) is 112. The van der Waals surface area contributed by atoms with Crippen LogP contribution in [0.3, 0.4) is 0 Å². The number of rotatable bonds is 10. The maximum Gasteiger partial charge on any atom is 0.435 e. The van der Waals surface area contributed by atoms with E-state index in [-0.39, 0.29) is 0 Å². The van der Waals surface area contributed by atoms with Crippen molar-refractivity contribution in [3.63, 3.8) is 0 Å². The molecule has 0 aliphatic carbocycles. The van der Waals surface area contributed by atoms with E-state index in [4.69, 9.17) is 19.3 Å². The third kappa shape index (κ3) is 7.35. The Hall–Kier alpha value is -3.46. The number of esters is 3. The normalized spacial score (nSPS) is 34.8. The Labute approximate surface area is 249 Å². The van der Waals surface area contributed by atoms with Crippen molar-refractivity contribution in [3.05, 3.63) is 0 Å². The zero-order valence-corrected chi connectivity index (χ0v) is 22.8. The van der Waals surface area contributed by atoms with Crippen molar-refractivity contribution in [1.82, 2.24) is 0 Å². The Bertz CT molecular complexity index is 1160. The van der Waals surface area contributed by atoms with Crippen LogP contribution in [0.25, 0.3) is 0 Å². The number of carbonyl (C=O) groups excluding carboxylic acids is 6. The third-order valence-electron chi connectivity index (χ3n) is 6.42. The van der Waals surface area contributed by atoms with Gasteiger partial charge in [-0.15, -0.1) is 0 Å². The Morgan fingerprint density at radius 3 is 1.96 bits per heavy atom. The summed E-state index contributed by atoms with van der Waals surface area (Å²) in [7, 11) is 0. The topological polar surface area (TPSA) is 380 Å². The number of ketones is 1. The van der Waals surface area contributed by atoms with Crippen LogP contribution in [0.5, 0.6) is 0 Å². The molecule has 11 N–H and O–H groups in total. The molecule has 0 saturated carbocycles. The Morgan fingerprint density at radius 1 is 0.889 bits per heavy atom. The van der Waals surface area contributed by atoms with E-state index < -0.39 is 128 Å². The van der Waals surface area contributed by atoms with E-state index in [1.165, 1.54) is 0 Å². The lowest BCUT2D eigenvalue weighted by Crippen LogP contribution is -2.79. The van der Waals surface area contributed by atoms with Gasteiger partial charge in [-0.3, -0.25) is 14.4 Å². The summed E-state index contributed by atoms with van der Waals surface area (Å²) >= 11 is 0. The van der Waals surface area contributed by atoms with Gasteiger partial charge in [0, 0.05) is 6.92 Å². The molecule has 0 aromatic rings. The number of ether oxygens (including phenoxy) is 4. The molecule has 0 radical (unpaired) electrons. The van der Waals surface area contributed by atoms with Crippen LogP contribution in [-0.2, 0) is 57.5 Å². The molecule has 0 bridgehead atoms. The van der Waals surface area contributed by atoms with Gasteiger partial charge in [-0.05, 0) is 0 Å². The lowest BCUT2D eigenvalue weighted by atomic mass is 9.85. The Kier molecular flexibility index (Phi) is 12.0. The SMILES string of the molecule is CC(=O)C(=O)OOC(=O)C1(O)OC(=O)CCC(=O)OC1(OC(=O)C(O)C(O)C(O)C(O)CO)C1O[C@@](O)(CO)[C@@H](O)[C@H](O)[C@@H]1O. The average Bonchev–Trinajstić information content (AvgIpc) is 3.00. The molecular weight excluding hydrogens is 632 g/mol. The molecule has 0 spiro atoms. The van der Waals surface area contributed by atoms with Crippen LogP contribution in [0.1, 0.15) is 19.8 Å². The second-order valence-corrected chi connectivity index (χ2v) is 9.62. The molecule has 2 aliphatic heterocycles. The minimum Gasteiger partial charge on any atom is -0.415 e. The van der Waals surface area contributed by atoms with Crippen molar-refractivity contribution in [2.75, 3.05) is 13.2 Å². The van der Waals surface area contributed by atoms with E-state index in [0.717, 1.165) is 0 Å². The van der Waals surface area contributed by atoms with Crippen LogP contribution in [0.4, 0.5) is 0 Å². The number of Topliss-reactive ketones (excluding diaryl/α,β-unsaturated/α-hetero) is 1. The summed E-state index contributed by atoms with van der Waals surface area (Å²) in [4.78, 5) is 82.0. The maximum atomic E-state index is 13.1. The molecule has 0 aromatic heterocycles. The standard InChI is InChI=1S/C22H30O23/c1-6(25)17(35)44-45-19(37)21(39)22(41-9(28)3-2-8(27)40-21,16-13(32)12(31)15(34)20(38,5-24)42-16)43-18(36)14(33)11(30)10(29)7(26)4-23/h7,10-16,23-24,26,29-34,38-39H,2-5H2,1H3/t7?,10?,11?,12-,13+,14?,15+,16?,20+,21?,22?/m1/s1. The first kappa shape index (κ1) is 37.7. The zero-order valence-electron chi connectivity index (χ0n) is 22.8. The number of hydrogen-bond acceptors (Lipinski definition) is 23. The van der Waals surface area contributed by atoms with Gasteiger partial charge in [0.1, 0.15) is 36.6 Å². The van der Waals surface area contributed by atoms with Crippen LogP contribution in [0, 0.1) is 0 Å². The second-order valence-electron chi connectivity index (χ2n) is 9.62. The van der Waals surface area contributed by atoms with Crippen LogP contribution in [0.15, 0.2) is 0 Å². The fourth-order valence-corrected chi connectivity index (χ4v) is 3.85. The van der Waals surface area contributed by atoms with Crippen LogP contribution in [0.2, 0.25) is 0 Å². The van der Waals surface area contributed by atoms with Crippen LogP contribution < -0.4 is 0 Å². The average molecular weight is 662 g/mol. The summed E-state index contributed by atoms with van der Waals surface area (Å²) in [6.45, 7) is -2.39. The molecule has 7 unspecified atom stereocenters. The molecule has 11 atom stereocenters. The molecule has 0 aromatic carbocycles. The summed E-state index contributed by atoms with van der Waals surface area (Å²) in [6, 6.07) is 0. The van der Waals surface area contributed by atoms with E-state index in [9.17, 15) is 79.8 Å². The highest BCUT2D eigenvalue weighted by Gasteiger charge is 2.77. The monoisotopic (exact) mass is 662 g/mol. The molecule has 23 heteroatoms. The summed E-state index contributed by atoms with van der Waals surface area (Å²) in [6.07, 6.45) is -24.5. The highest BCUT2D eigenvalue weighted by molar-refractivity contribution is 6.32. The van der Waals surface area contributed by atoms with E-state index in [1.807, 2.05) is 0 Å². The van der Waals surface area contributed by atoms with Gasteiger partial charge >= 0.3 is 41.4 Å². The van der Waals surface area contributed by atoms with Crippen molar-refractivity contribution in [2.24, 2.45) is 0 Å². The second kappa shape index (κ2) is 14.3. The van der Waals surface area contributed by atoms with Crippen molar-refractivity contribution in [3.8, 4) is 0 Å². The van der Waals surface area contributed by atoms with E-state index >= 15 is 0 Å². The van der Waals surface area contributed by atoms with Gasteiger partial charge in [-0.2, -0.15) is 0 Å². The Morgan fingerprint density at radius 2 is 1.44 bits per heavy atom. The molecule has 23 nitrogen and oxygen atoms in total. The molecule has 45 heavy (non-hydrogen) atoms. The highest BCUT2D eigenvalue weighted by Crippen LogP contribution is 2.44.